The second-order valence-corrected chi connectivity index (χ2v) is 6.20. The highest BCUT2D eigenvalue weighted by atomic mass is 16.5. The lowest BCUT2D eigenvalue weighted by atomic mass is 10.0. The minimum Gasteiger partial charge on any atom is -0.377 e. The monoisotopic (exact) mass is 261 g/mol. The summed E-state index contributed by atoms with van der Waals surface area (Å²) in [6.45, 7) is 7.81. The summed E-state index contributed by atoms with van der Waals surface area (Å²) >= 11 is 0. The van der Waals surface area contributed by atoms with E-state index < -0.39 is 0 Å². The third-order valence-corrected chi connectivity index (χ3v) is 3.90. The summed E-state index contributed by atoms with van der Waals surface area (Å²) in [5.41, 5.74) is 1.29. The van der Waals surface area contributed by atoms with Crippen molar-refractivity contribution in [2.24, 2.45) is 0 Å². The Kier molecular flexibility index (Phi) is 3.46. The Balaban J connectivity index is 1.66. The fraction of sp³-hybridized carbons (Fsp3) is 0.667. The normalized spacial score (nSPS) is 22.5. The molecule has 1 aromatic rings. The number of nitrogens with one attached hydrogen (secondary N) is 1. The molecule has 2 fully saturated rings. The highest BCUT2D eigenvalue weighted by molar-refractivity contribution is 5.43. The zero-order valence-corrected chi connectivity index (χ0v) is 11.9. The van der Waals surface area contributed by atoms with E-state index >= 15 is 0 Å². The van der Waals surface area contributed by atoms with Crippen molar-refractivity contribution in [2.75, 3.05) is 24.7 Å². The van der Waals surface area contributed by atoms with Crippen LogP contribution in [0.5, 0.6) is 0 Å². The maximum absolute atomic E-state index is 5.55. The first-order valence-corrected chi connectivity index (χ1v) is 7.19. The van der Waals surface area contributed by atoms with Crippen molar-refractivity contribution in [3.8, 4) is 0 Å². The van der Waals surface area contributed by atoms with E-state index in [1.54, 1.807) is 0 Å². The van der Waals surface area contributed by atoms with Gasteiger partial charge in [0, 0.05) is 25.3 Å². The molecule has 1 N–H and O–H groups in total. The van der Waals surface area contributed by atoms with Crippen molar-refractivity contribution in [1.82, 2.24) is 10.3 Å². The molecule has 0 aromatic carbocycles. The van der Waals surface area contributed by atoms with Gasteiger partial charge in [-0.1, -0.05) is 6.07 Å². The van der Waals surface area contributed by atoms with Gasteiger partial charge in [-0.2, -0.15) is 0 Å². The van der Waals surface area contributed by atoms with Crippen LogP contribution in [-0.2, 0) is 11.3 Å². The molecular formula is C15H23N3O. The van der Waals surface area contributed by atoms with Crippen molar-refractivity contribution in [3.63, 3.8) is 0 Å². The minimum absolute atomic E-state index is 0.0268. The Morgan fingerprint density at radius 1 is 1.42 bits per heavy atom. The molecule has 2 aliphatic rings. The van der Waals surface area contributed by atoms with Crippen LogP contribution in [0, 0.1) is 0 Å². The molecule has 0 unspecified atom stereocenters. The van der Waals surface area contributed by atoms with Gasteiger partial charge in [0.15, 0.2) is 0 Å². The summed E-state index contributed by atoms with van der Waals surface area (Å²) in [6.07, 6.45) is 4.65. The number of aromatic nitrogens is 1. The number of hydrogen-bond donors (Lipinski definition) is 1. The van der Waals surface area contributed by atoms with Crippen molar-refractivity contribution in [1.29, 1.82) is 0 Å². The predicted octanol–water partition coefficient (Wildman–Crippen LogP) is 1.95. The van der Waals surface area contributed by atoms with E-state index in [1.807, 2.05) is 6.20 Å². The van der Waals surface area contributed by atoms with Gasteiger partial charge in [0.2, 0.25) is 0 Å². The lowest BCUT2D eigenvalue weighted by Crippen LogP contribution is -2.53. The number of nitrogens with zero attached hydrogens (tertiary/aromatic N) is 2. The molecule has 4 heteroatoms. The first-order chi connectivity index (χ1) is 9.15. The van der Waals surface area contributed by atoms with Crippen LogP contribution >= 0.6 is 0 Å². The minimum atomic E-state index is 0.0268. The summed E-state index contributed by atoms with van der Waals surface area (Å²) in [5.74, 6) is 1.06. The van der Waals surface area contributed by atoms with Gasteiger partial charge < -0.3 is 15.0 Å². The van der Waals surface area contributed by atoms with E-state index in [4.69, 9.17) is 4.74 Å². The molecular weight excluding hydrogens is 238 g/mol. The molecule has 2 heterocycles. The second-order valence-electron chi connectivity index (χ2n) is 6.20. The lowest BCUT2D eigenvalue weighted by Gasteiger charge is -2.43. The Labute approximate surface area is 115 Å². The van der Waals surface area contributed by atoms with Crippen molar-refractivity contribution >= 4 is 5.82 Å². The van der Waals surface area contributed by atoms with Crippen LogP contribution in [0.3, 0.4) is 0 Å². The highest BCUT2D eigenvalue weighted by Crippen LogP contribution is 2.25. The lowest BCUT2D eigenvalue weighted by molar-refractivity contribution is 0.0639. The fourth-order valence-corrected chi connectivity index (χ4v) is 2.51. The van der Waals surface area contributed by atoms with Crippen LogP contribution < -0.4 is 10.2 Å². The summed E-state index contributed by atoms with van der Waals surface area (Å²) in [6, 6.07) is 5.07. The van der Waals surface area contributed by atoms with Crippen LogP contribution in [0.2, 0.25) is 0 Å². The molecule has 1 aromatic heterocycles. The Morgan fingerprint density at radius 2 is 2.26 bits per heavy atom. The van der Waals surface area contributed by atoms with E-state index in [1.165, 1.54) is 18.4 Å². The summed E-state index contributed by atoms with van der Waals surface area (Å²) in [7, 11) is 0. The summed E-state index contributed by atoms with van der Waals surface area (Å²) < 4.78 is 5.55. The molecule has 0 radical (unpaired) electrons. The van der Waals surface area contributed by atoms with E-state index in [0.717, 1.165) is 38.2 Å². The van der Waals surface area contributed by atoms with Gasteiger partial charge in [-0.3, -0.25) is 0 Å². The summed E-state index contributed by atoms with van der Waals surface area (Å²) in [5, 5.41) is 3.51. The average molecular weight is 261 g/mol. The average Bonchev–Trinajstić information content (AvgIpc) is 3.21. The quantitative estimate of drug-likeness (QED) is 0.899. The number of morpholine rings is 1. The molecule has 1 aliphatic heterocycles. The van der Waals surface area contributed by atoms with Crippen LogP contribution in [0.1, 0.15) is 32.3 Å². The van der Waals surface area contributed by atoms with Gasteiger partial charge in [-0.05, 0) is 38.3 Å². The third-order valence-electron chi connectivity index (χ3n) is 3.90. The third kappa shape index (κ3) is 3.07. The maximum atomic E-state index is 5.55. The van der Waals surface area contributed by atoms with Crippen molar-refractivity contribution in [2.45, 2.75) is 44.8 Å². The van der Waals surface area contributed by atoms with Gasteiger partial charge in [-0.15, -0.1) is 0 Å². The molecule has 4 nitrogen and oxygen atoms in total. The SMILES string of the molecule is CC1(C)COCCN1c1ccc(CNC2CC2)cn1. The first-order valence-electron chi connectivity index (χ1n) is 7.19. The maximum Gasteiger partial charge on any atom is 0.129 e. The highest BCUT2D eigenvalue weighted by Gasteiger charge is 2.31. The Hall–Kier alpha value is -1.13. The van der Waals surface area contributed by atoms with Crippen molar-refractivity contribution < 1.29 is 4.74 Å². The largest absolute Gasteiger partial charge is 0.377 e. The van der Waals surface area contributed by atoms with Crippen LogP contribution in [0.15, 0.2) is 18.3 Å². The molecule has 1 aliphatic carbocycles. The van der Waals surface area contributed by atoms with Crippen molar-refractivity contribution in [3.05, 3.63) is 23.9 Å². The smallest absolute Gasteiger partial charge is 0.129 e. The van der Waals surface area contributed by atoms with Gasteiger partial charge in [0.05, 0.1) is 18.8 Å². The van der Waals surface area contributed by atoms with Gasteiger partial charge in [0.25, 0.3) is 0 Å². The molecule has 1 saturated carbocycles. The number of ether oxygens (including phenoxy) is 1. The topological polar surface area (TPSA) is 37.4 Å². The van der Waals surface area contributed by atoms with E-state index in [-0.39, 0.29) is 5.54 Å². The predicted molar refractivity (Wildman–Crippen MR) is 76.3 cm³/mol. The number of anilines is 1. The zero-order chi connectivity index (χ0) is 13.3. The van der Waals surface area contributed by atoms with Gasteiger partial charge in [-0.25, -0.2) is 4.98 Å². The fourth-order valence-electron chi connectivity index (χ4n) is 2.51. The molecule has 3 rings (SSSR count). The molecule has 19 heavy (non-hydrogen) atoms. The molecule has 0 bridgehead atoms. The van der Waals surface area contributed by atoms with E-state index in [9.17, 15) is 0 Å². The van der Waals surface area contributed by atoms with E-state index in [0.29, 0.717) is 0 Å². The number of hydrogen-bond acceptors (Lipinski definition) is 4. The first kappa shape index (κ1) is 12.9. The van der Waals surface area contributed by atoms with Gasteiger partial charge in [0.1, 0.15) is 5.82 Å². The number of pyridine rings is 1. The van der Waals surface area contributed by atoms with Gasteiger partial charge >= 0.3 is 0 Å². The molecule has 0 amide bonds. The Morgan fingerprint density at radius 3 is 2.89 bits per heavy atom. The van der Waals surface area contributed by atoms with Crippen LogP contribution in [0.25, 0.3) is 0 Å². The molecule has 1 saturated heterocycles. The molecule has 0 spiro atoms. The van der Waals surface area contributed by atoms with Crippen LogP contribution in [-0.4, -0.2) is 36.3 Å². The number of rotatable bonds is 4. The van der Waals surface area contributed by atoms with E-state index in [2.05, 4.69) is 41.2 Å². The Bertz CT molecular complexity index is 426. The summed E-state index contributed by atoms with van der Waals surface area (Å²) in [4.78, 5) is 6.97. The van der Waals surface area contributed by atoms with Crippen LogP contribution in [0.4, 0.5) is 5.82 Å². The standard InChI is InChI=1S/C15H23N3O/c1-15(2)11-19-8-7-18(15)14-6-3-12(10-17-14)9-16-13-4-5-13/h3,6,10,13,16H,4-5,7-9,11H2,1-2H3. The molecule has 0 atom stereocenters. The second kappa shape index (κ2) is 5.10. The molecule has 104 valence electrons. The zero-order valence-electron chi connectivity index (χ0n) is 11.9.